The molecule has 0 spiro atoms. The van der Waals surface area contributed by atoms with Gasteiger partial charge in [-0.25, -0.2) is 4.39 Å². The van der Waals surface area contributed by atoms with Crippen molar-refractivity contribution in [3.8, 4) is 11.5 Å². The lowest BCUT2D eigenvalue weighted by atomic mass is 9.98. The molecule has 5 heteroatoms. The number of hydrogen-bond donors (Lipinski definition) is 1. The van der Waals surface area contributed by atoms with Crippen molar-refractivity contribution < 1.29 is 13.9 Å². The average molecular weight is 276 g/mol. The highest BCUT2D eigenvalue weighted by molar-refractivity contribution is 5.46. The van der Waals surface area contributed by atoms with E-state index in [1.54, 1.807) is 39.6 Å². The van der Waals surface area contributed by atoms with E-state index >= 15 is 0 Å². The van der Waals surface area contributed by atoms with Crippen LogP contribution in [0.4, 0.5) is 4.39 Å². The van der Waals surface area contributed by atoms with Crippen molar-refractivity contribution in [2.24, 2.45) is 0 Å². The van der Waals surface area contributed by atoms with E-state index in [1.165, 1.54) is 6.20 Å². The number of halogens is 1. The molecule has 0 bridgehead atoms. The molecule has 1 heterocycles. The molecule has 0 aliphatic heterocycles. The maximum Gasteiger partial charge on any atom is 0.146 e. The summed E-state index contributed by atoms with van der Waals surface area (Å²) in [7, 11) is 4.94. The van der Waals surface area contributed by atoms with Crippen molar-refractivity contribution in [2.75, 3.05) is 21.3 Å². The molecule has 0 aliphatic carbocycles. The minimum atomic E-state index is -0.357. The summed E-state index contributed by atoms with van der Waals surface area (Å²) in [6.07, 6.45) is 2.77. The summed E-state index contributed by atoms with van der Waals surface area (Å²) in [5.74, 6) is 0.972. The maximum atomic E-state index is 13.9. The number of methoxy groups -OCH3 is 2. The summed E-state index contributed by atoms with van der Waals surface area (Å²) in [4.78, 5) is 3.77. The van der Waals surface area contributed by atoms with Crippen molar-refractivity contribution >= 4 is 0 Å². The first-order valence-electron chi connectivity index (χ1n) is 6.19. The van der Waals surface area contributed by atoms with E-state index < -0.39 is 0 Å². The van der Waals surface area contributed by atoms with Crippen molar-refractivity contribution in [3.63, 3.8) is 0 Å². The Morgan fingerprint density at radius 2 is 1.95 bits per heavy atom. The molecular weight excluding hydrogens is 259 g/mol. The molecule has 106 valence electrons. The first-order chi connectivity index (χ1) is 9.71. The smallest absolute Gasteiger partial charge is 0.146 e. The Morgan fingerprint density at radius 1 is 1.15 bits per heavy atom. The van der Waals surface area contributed by atoms with Crippen LogP contribution in [-0.4, -0.2) is 26.3 Å². The number of hydrogen-bond acceptors (Lipinski definition) is 4. The zero-order chi connectivity index (χ0) is 14.5. The molecule has 0 aliphatic rings. The monoisotopic (exact) mass is 276 g/mol. The maximum absolute atomic E-state index is 13.9. The van der Waals surface area contributed by atoms with E-state index in [4.69, 9.17) is 9.47 Å². The number of ether oxygens (including phenoxy) is 2. The van der Waals surface area contributed by atoms with Crippen LogP contribution in [0.2, 0.25) is 0 Å². The summed E-state index contributed by atoms with van der Waals surface area (Å²) in [5.41, 5.74) is 1.35. The largest absolute Gasteiger partial charge is 0.497 e. The predicted molar refractivity (Wildman–Crippen MR) is 74.6 cm³/mol. The fraction of sp³-hybridized carbons (Fsp3) is 0.267. The summed E-state index contributed by atoms with van der Waals surface area (Å²) >= 11 is 0. The van der Waals surface area contributed by atoms with Crippen LogP contribution in [0.5, 0.6) is 11.5 Å². The zero-order valence-electron chi connectivity index (χ0n) is 11.7. The SMILES string of the molecule is CNC(c1ccncc1F)c1ccc(OC)cc1OC. The first-order valence-corrected chi connectivity index (χ1v) is 6.19. The third-order valence-electron chi connectivity index (χ3n) is 3.16. The standard InChI is InChI=1S/C15H17FN2O2/c1-17-15(11-6-7-18-9-13(11)16)12-5-4-10(19-2)8-14(12)20-3/h4-9,15,17H,1-3H3. The minimum absolute atomic E-state index is 0.321. The molecule has 0 saturated heterocycles. The Morgan fingerprint density at radius 3 is 2.55 bits per heavy atom. The van der Waals surface area contributed by atoms with Gasteiger partial charge in [-0.15, -0.1) is 0 Å². The van der Waals surface area contributed by atoms with Crippen LogP contribution in [0.1, 0.15) is 17.2 Å². The van der Waals surface area contributed by atoms with Crippen molar-refractivity contribution in [1.29, 1.82) is 0 Å². The van der Waals surface area contributed by atoms with Crippen molar-refractivity contribution in [3.05, 3.63) is 53.6 Å². The average Bonchev–Trinajstić information content (AvgIpc) is 2.50. The molecule has 4 nitrogen and oxygen atoms in total. The van der Waals surface area contributed by atoms with Gasteiger partial charge in [-0.05, 0) is 25.2 Å². The van der Waals surface area contributed by atoms with Gasteiger partial charge in [0.15, 0.2) is 0 Å². The van der Waals surface area contributed by atoms with E-state index in [2.05, 4.69) is 10.3 Å². The molecule has 0 fully saturated rings. The van der Waals surface area contributed by atoms with Crippen LogP contribution < -0.4 is 14.8 Å². The number of nitrogens with one attached hydrogen (secondary N) is 1. The van der Waals surface area contributed by atoms with E-state index in [0.717, 1.165) is 5.56 Å². The van der Waals surface area contributed by atoms with Gasteiger partial charge in [0.2, 0.25) is 0 Å². The van der Waals surface area contributed by atoms with Crippen LogP contribution in [0.15, 0.2) is 36.7 Å². The van der Waals surface area contributed by atoms with E-state index in [1.807, 2.05) is 12.1 Å². The minimum Gasteiger partial charge on any atom is -0.497 e. The molecule has 1 atom stereocenters. The van der Waals surface area contributed by atoms with Crippen LogP contribution in [0.3, 0.4) is 0 Å². The number of rotatable bonds is 5. The number of nitrogens with zero attached hydrogens (tertiary/aromatic N) is 1. The molecule has 0 saturated carbocycles. The van der Waals surface area contributed by atoms with Gasteiger partial charge in [0.1, 0.15) is 17.3 Å². The highest BCUT2D eigenvalue weighted by Gasteiger charge is 2.20. The van der Waals surface area contributed by atoms with Gasteiger partial charge in [0.05, 0.1) is 26.5 Å². The van der Waals surface area contributed by atoms with Gasteiger partial charge in [0.25, 0.3) is 0 Å². The second-order valence-electron chi connectivity index (χ2n) is 4.23. The predicted octanol–water partition coefficient (Wildman–Crippen LogP) is 2.55. The van der Waals surface area contributed by atoms with Gasteiger partial charge >= 0.3 is 0 Å². The molecule has 1 aromatic carbocycles. The Balaban J connectivity index is 2.49. The van der Waals surface area contributed by atoms with E-state index in [0.29, 0.717) is 17.1 Å². The number of pyridine rings is 1. The lowest BCUT2D eigenvalue weighted by Gasteiger charge is -2.20. The third-order valence-corrected chi connectivity index (χ3v) is 3.16. The lowest BCUT2D eigenvalue weighted by Crippen LogP contribution is -2.19. The van der Waals surface area contributed by atoms with Crippen molar-refractivity contribution in [1.82, 2.24) is 10.3 Å². The second kappa shape index (κ2) is 6.34. The molecule has 2 aromatic rings. The lowest BCUT2D eigenvalue weighted by molar-refractivity contribution is 0.388. The van der Waals surface area contributed by atoms with Crippen LogP contribution in [-0.2, 0) is 0 Å². The van der Waals surface area contributed by atoms with Gasteiger partial charge < -0.3 is 14.8 Å². The molecule has 0 radical (unpaired) electrons. The van der Waals surface area contributed by atoms with Crippen LogP contribution >= 0.6 is 0 Å². The quantitative estimate of drug-likeness (QED) is 0.911. The summed E-state index contributed by atoms with van der Waals surface area (Å²) in [6, 6.07) is 6.79. The summed E-state index contributed by atoms with van der Waals surface area (Å²) in [5, 5.41) is 3.10. The van der Waals surface area contributed by atoms with Crippen LogP contribution in [0.25, 0.3) is 0 Å². The third kappa shape index (κ3) is 2.72. The van der Waals surface area contributed by atoms with Gasteiger partial charge in [-0.1, -0.05) is 0 Å². The summed E-state index contributed by atoms with van der Waals surface area (Å²) in [6.45, 7) is 0. The zero-order valence-corrected chi connectivity index (χ0v) is 11.7. The molecule has 20 heavy (non-hydrogen) atoms. The van der Waals surface area contributed by atoms with Crippen LogP contribution in [0, 0.1) is 5.82 Å². The Labute approximate surface area is 117 Å². The normalized spacial score (nSPS) is 12.0. The number of benzene rings is 1. The van der Waals surface area contributed by atoms with Crippen molar-refractivity contribution in [2.45, 2.75) is 6.04 Å². The summed E-state index contributed by atoms with van der Waals surface area (Å²) < 4.78 is 24.5. The molecule has 1 unspecified atom stereocenters. The Bertz CT molecular complexity index is 590. The highest BCUT2D eigenvalue weighted by Crippen LogP contribution is 2.33. The molecule has 1 N–H and O–H groups in total. The Hall–Kier alpha value is -2.14. The van der Waals surface area contributed by atoms with Gasteiger partial charge in [0, 0.05) is 23.4 Å². The number of aromatic nitrogens is 1. The van der Waals surface area contributed by atoms with Gasteiger partial charge in [-0.2, -0.15) is 0 Å². The molecule has 1 aromatic heterocycles. The fourth-order valence-corrected chi connectivity index (χ4v) is 2.16. The topological polar surface area (TPSA) is 43.4 Å². The molecule has 2 rings (SSSR count). The fourth-order valence-electron chi connectivity index (χ4n) is 2.16. The molecular formula is C15H17FN2O2. The Kier molecular flexibility index (Phi) is 4.53. The second-order valence-corrected chi connectivity index (χ2v) is 4.23. The van der Waals surface area contributed by atoms with Gasteiger partial charge in [-0.3, -0.25) is 4.98 Å². The molecule has 0 amide bonds. The van der Waals surface area contributed by atoms with E-state index in [9.17, 15) is 4.39 Å². The first kappa shape index (κ1) is 14.3. The van der Waals surface area contributed by atoms with E-state index in [-0.39, 0.29) is 11.9 Å². The highest BCUT2D eigenvalue weighted by atomic mass is 19.1.